The van der Waals surface area contributed by atoms with Crippen LogP contribution in [0.25, 0.3) is 0 Å². The number of ether oxygens (including phenoxy) is 1. The van der Waals surface area contributed by atoms with Crippen molar-refractivity contribution < 1.29 is 9.84 Å². The van der Waals surface area contributed by atoms with Gasteiger partial charge in [-0.25, -0.2) is 0 Å². The first kappa shape index (κ1) is 17.9. The van der Waals surface area contributed by atoms with E-state index in [4.69, 9.17) is 4.74 Å². The Morgan fingerprint density at radius 3 is 2.11 bits per heavy atom. The zero-order chi connectivity index (χ0) is 14.1. The molecule has 0 fully saturated rings. The minimum atomic E-state index is -0.404. The van der Waals surface area contributed by atoms with Crippen molar-refractivity contribution in [2.75, 3.05) is 19.7 Å². The molecule has 3 unspecified atom stereocenters. The minimum Gasteiger partial charge on any atom is -0.389 e. The van der Waals surface area contributed by atoms with E-state index in [9.17, 15) is 5.11 Å². The lowest BCUT2D eigenvalue weighted by atomic mass is 9.98. The third-order valence-corrected chi connectivity index (χ3v) is 3.36. The highest BCUT2D eigenvalue weighted by Gasteiger charge is 2.11. The van der Waals surface area contributed by atoms with Crippen molar-refractivity contribution in [1.82, 2.24) is 5.32 Å². The Labute approximate surface area is 113 Å². The van der Waals surface area contributed by atoms with E-state index in [1.165, 1.54) is 0 Å². The molecule has 0 heterocycles. The second-order valence-corrected chi connectivity index (χ2v) is 6.31. The Balaban J connectivity index is 3.56. The van der Waals surface area contributed by atoms with Gasteiger partial charge in [0.2, 0.25) is 0 Å². The highest BCUT2D eigenvalue weighted by molar-refractivity contribution is 4.65. The van der Waals surface area contributed by atoms with Crippen LogP contribution in [0.15, 0.2) is 0 Å². The van der Waals surface area contributed by atoms with Crippen LogP contribution in [0.3, 0.4) is 0 Å². The summed E-state index contributed by atoms with van der Waals surface area (Å²) in [6.45, 7) is 15.1. The molecule has 0 aromatic carbocycles. The van der Waals surface area contributed by atoms with Gasteiger partial charge in [0.15, 0.2) is 0 Å². The monoisotopic (exact) mass is 259 g/mol. The first-order valence-electron chi connectivity index (χ1n) is 7.33. The van der Waals surface area contributed by atoms with Gasteiger partial charge in [-0.3, -0.25) is 0 Å². The maximum atomic E-state index is 9.80. The topological polar surface area (TPSA) is 41.5 Å². The lowest BCUT2D eigenvalue weighted by molar-refractivity contribution is -0.00874. The predicted octanol–water partition coefficient (Wildman–Crippen LogP) is 2.68. The fraction of sp³-hybridized carbons (Fsp3) is 1.00. The Kier molecular flexibility index (Phi) is 9.70. The summed E-state index contributed by atoms with van der Waals surface area (Å²) in [6.07, 6.45) is 0.873. The van der Waals surface area contributed by atoms with E-state index in [1.54, 1.807) is 0 Å². The highest BCUT2D eigenvalue weighted by Crippen LogP contribution is 2.08. The number of aliphatic hydroxyl groups excluding tert-OH is 1. The molecule has 18 heavy (non-hydrogen) atoms. The average Bonchev–Trinajstić information content (AvgIpc) is 2.25. The molecule has 3 nitrogen and oxygen atoms in total. The van der Waals surface area contributed by atoms with Crippen LogP contribution in [0, 0.1) is 17.8 Å². The molecule has 110 valence electrons. The Hall–Kier alpha value is -0.120. The van der Waals surface area contributed by atoms with Crippen molar-refractivity contribution in [3.8, 4) is 0 Å². The summed E-state index contributed by atoms with van der Waals surface area (Å²) in [5.74, 6) is 1.96. The summed E-state index contributed by atoms with van der Waals surface area (Å²) in [5.41, 5.74) is 0. The SMILES string of the molecule is CC(C)CC(C)OCC(O)CNCC(C)C(C)C. The molecule has 0 spiro atoms. The van der Waals surface area contributed by atoms with Crippen LogP contribution in [0.4, 0.5) is 0 Å². The summed E-state index contributed by atoms with van der Waals surface area (Å²) >= 11 is 0. The number of aliphatic hydroxyl groups is 1. The van der Waals surface area contributed by atoms with E-state index in [1.807, 2.05) is 0 Å². The maximum absolute atomic E-state index is 9.80. The second kappa shape index (κ2) is 9.76. The quantitative estimate of drug-likeness (QED) is 0.634. The molecule has 0 rings (SSSR count). The number of nitrogens with one attached hydrogen (secondary N) is 1. The van der Waals surface area contributed by atoms with Gasteiger partial charge in [0.25, 0.3) is 0 Å². The smallest absolute Gasteiger partial charge is 0.0897 e. The average molecular weight is 259 g/mol. The van der Waals surface area contributed by atoms with Crippen molar-refractivity contribution in [3.63, 3.8) is 0 Å². The standard InChI is InChI=1S/C15H33NO2/c1-11(2)7-14(6)18-10-15(17)9-16-8-13(5)12(3)4/h11-17H,7-10H2,1-6H3. The van der Waals surface area contributed by atoms with Gasteiger partial charge in [-0.05, 0) is 37.6 Å². The third-order valence-electron chi connectivity index (χ3n) is 3.36. The molecule has 3 atom stereocenters. The Bertz CT molecular complexity index is 195. The van der Waals surface area contributed by atoms with Crippen molar-refractivity contribution >= 4 is 0 Å². The van der Waals surface area contributed by atoms with Gasteiger partial charge in [-0.15, -0.1) is 0 Å². The van der Waals surface area contributed by atoms with E-state index >= 15 is 0 Å². The van der Waals surface area contributed by atoms with Crippen LogP contribution in [-0.4, -0.2) is 37.0 Å². The lowest BCUT2D eigenvalue weighted by Crippen LogP contribution is -2.34. The van der Waals surface area contributed by atoms with E-state index in [-0.39, 0.29) is 6.10 Å². The van der Waals surface area contributed by atoms with Gasteiger partial charge >= 0.3 is 0 Å². The largest absolute Gasteiger partial charge is 0.389 e. The molecule has 0 amide bonds. The molecule has 2 N–H and O–H groups in total. The fourth-order valence-electron chi connectivity index (χ4n) is 1.78. The second-order valence-electron chi connectivity index (χ2n) is 6.31. The van der Waals surface area contributed by atoms with Crippen LogP contribution in [0.5, 0.6) is 0 Å². The summed E-state index contributed by atoms with van der Waals surface area (Å²) in [6, 6.07) is 0. The molecule has 0 aliphatic heterocycles. The van der Waals surface area contributed by atoms with Crippen LogP contribution >= 0.6 is 0 Å². The number of hydrogen-bond acceptors (Lipinski definition) is 3. The molecule has 0 radical (unpaired) electrons. The molecule has 3 heteroatoms. The first-order valence-corrected chi connectivity index (χ1v) is 7.33. The lowest BCUT2D eigenvalue weighted by Gasteiger charge is -2.20. The molecule has 0 saturated heterocycles. The summed E-state index contributed by atoms with van der Waals surface area (Å²) in [4.78, 5) is 0. The van der Waals surface area contributed by atoms with Crippen LogP contribution in [0.1, 0.15) is 48.0 Å². The van der Waals surface area contributed by atoms with E-state index < -0.39 is 6.10 Å². The van der Waals surface area contributed by atoms with Crippen LogP contribution in [0.2, 0.25) is 0 Å². The Morgan fingerprint density at radius 1 is 1.00 bits per heavy atom. The fourth-order valence-corrected chi connectivity index (χ4v) is 1.78. The molecule has 0 saturated carbocycles. The van der Waals surface area contributed by atoms with Crippen molar-refractivity contribution in [3.05, 3.63) is 0 Å². The van der Waals surface area contributed by atoms with Crippen LogP contribution in [-0.2, 0) is 4.74 Å². The summed E-state index contributed by atoms with van der Waals surface area (Å²) in [7, 11) is 0. The normalized spacial score (nSPS) is 17.2. The van der Waals surface area contributed by atoms with Gasteiger partial charge in [-0.1, -0.05) is 34.6 Å². The minimum absolute atomic E-state index is 0.231. The molecule has 0 aliphatic carbocycles. The maximum Gasteiger partial charge on any atom is 0.0897 e. The molecular weight excluding hydrogens is 226 g/mol. The third kappa shape index (κ3) is 9.86. The zero-order valence-electron chi connectivity index (χ0n) is 13.1. The van der Waals surface area contributed by atoms with Gasteiger partial charge < -0.3 is 15.2 Å². The van der Waals surface area contributed by atoms with Crippen molar-refractivity contribution in [2.45, 2.75) is 60.2 Å². The van der Waals surface area contributed by atoms with E-state index in [0.29, 0.717) is 30.9 Å². The van der Waals surface area contributed by atoms with Crippen molar-refractivity contribution in [2.24, 2.45) is 17.8 Å². The van der Waals surface area contributed by atoms with Gasteiger partial charge in [0.1, 0.15) is 0 Å². The first-order chi connectivity index (χ1) is 8.32. The van der Waals surface area contributed by atoms with E-state index in [2.05, 4.69) is 46.9 Å². The molecule has 0 aliphatic rings. The summed E-state index contributed by atoms with van der Waals surface area (Å²) in [5, 5.41) is 13.1. The molecule has 0 aromatic heterocycles. The summed E-state index contributed by atoms with van der Waals surface area (Å²) < 4.78 is 5.63. The zero-order valence-corrected chi connectivity index (χ0v) is 13.1. The molecule has 0 aromatic rings. The Morgan fingerprint density at radius 2 is 1.61 bits per heavy atom. The van der Waals surface area contributed by atoms with Gasteiger partial charge in [-0.2, -0.15) is 0 Å². The van der Waals surface area contributed by atoms with E-state index in [0.717, 1.165) is 13.0 Å². The van der Waals surface area contributed by atoms with Gasteiger partial charge in [0.05, 0.1) is 18.8 Å². The van der Waals surface area contributed by atoms with Crippen molar-refractivity contribution in [1.29, 1.82) is 0 Å². The number of hydrogen-bond donors (Lipinski definition) is 2. The van der Waals surface area contributed by atoms with Crippen LogP contribution < -0.4 is 5.32 Å². The molecular formula is C15H33NO2. The molecule has 0 bridgehead atoms. The predicted molar refractivity (Wildman–Crippen MR) is 77.7 cm³/mol. The van der Waals surface area contributed by atoms with Gasteiger partial charge in [0, 0.05) is 6.54 Å². The number of rotatable bonds is 10. The highest BCUT2D eigenvalue weighted by atomic mass is 16.5.